The van der Waals surface area contributed by atoms with E-state index in [-0.39, 0.29) is 5.82 Å². The van der Waals surface area contributed by atoms with Crippen molar-refractivity contribution in [3.8, 4) is 0 Å². The van der Waals surface area contributed by atoms with E-state index in [2.05, 4.69) is 21.4 Å². The predicted molar refractivity (Wildman–Crippen MR) is 114 cm³/mol. The molecule has 1 saturated heterocycles. The summed E-state index contributed by atoms with van der Waals surface area (Å²) in [6, 6.07) is 4.74. The van der Waals surface area contributed by atoms with E-state index in [4.69, 9.17) is 23.2 Å². The van der Waals surface area contributed by atoms with Gasteiger partial charge in [-0.05, 0) is 55.5 Å². The van der Waals surface area contributed by atoms with Gasteiger partial charge in [0.25, 0.3) is 0 Å². The standard InChI is InChI=1S/C19H21Cl2F3N4S/c1-12-18(29-27-9-3-4-10-27)17(13-5-6-14(20)15(21)11-13)28(25-2)16(26-12)7-8-19(22,23)24/h5-7,11,17,26H,2-4,8-10H2,1H3/b16-7-. The molecular formula is C19H21Cl2F3N4S. The van der Waals surface area contributed by atoms with Gasteiger partial charge in [0, 0.05) is 30.4 Å². The van der Waals surface area contributed by atoms with Crippen molar-refractivity contribution in [2.24, 2.45) is 5.10 Å². The van der Waals surface area contributed by atoms with Crippen LogP contribution in [0.3, 0.4) is 0 Å². The first-order chi connectivity index (χ1) is 13.7. The van der Waals surface area contributed by atoms with Crippen molar-refractivity contribution in [3.63, 3.8) is 0 Å². The Labute approximate surface area is 182 Å². The first kappa shape index (κ1) is 22.3. The maximum atomic E-state index is 12.8. The van der Waals surface area contributed by atoms with E-state index < -0.39 is 18.6 Å². The SMILES string of the molecule is C=NN1/C(=C\CC(F)(F)F)NC(C)=C(SN2CCCC2)C1c1ccc(Cl)c(Cl)c1. The Hall–Kier alpha value is -1.35. The highest BCUT2D eigenvalue weighted by Gasteiger charge is 2.35. The summed E-state index contributed by atoms with van der Waals surface area (Å²) in [5.74, 6) is 0.233. The van der Waals surface area contributed by atoms with Crippen LogP contribution < -0.4 is 5.32 Å². The van der Waals surface area contributed by atoms with Crippen molar-refractivity contribution in [1.82, 2.24) is 14.6 Å². The summed E-state index contributed by atoms with van der Waals surface area (Å²) < 4.78 is 40.7. The highest BCUT2D eigenvalue weighted by molar-refractivity contribution is 8.00. The van der Waals surface area contributed by atoms with Crippen LogP contribution in [0.25, 0.3) is 0 Å². The molecule has 2 aliphatic heterocycles. The lowest BCUT2D eigenvalue weighted by molar-refractivity contribution is -0.125. The molecule has 0 bridgehead atoms. The molecule has 10 heteroatoms. The molecule has 0 spiro atoms. The molecule has 1 aromatic rings. The van der Waals surface area contributed by atoms with Crippen LogP contribution in [0.5, 0.6) is 0 Å². The lowest BCUT2D eigenvalue weighted by Gasteiger charge is -2.39. The van der Waals surface area contributed by atoms with Gasteiger partial charge in [0.1, 0.15) is 11.9 Å². The highest BCUT2D eigenvalue weighted by Crippen LogP contribution is 2.45. The van der Waals surface area contributed by atoms with Crippen molar-refractivity contribution in [2.45, 2.75) is 38.4 Å². The molecule has 1 aromatic carbocycles. The molecule has 29 heavy (non-hydrogen) atoms. The monoisotopic (exact) mass is 464 g/mol. The van der Waals surface area contributed by atoms with Gasteiger partial charge in [-0.15, -0.1) is 0 Å². The average Bonchev–Trinajstić information content (AvgIpc) is 3.16. The molecule has 0 saturated carbocycles. The Balaban J connectivity index is 2.05. The molecular weight excluding hydrogens is 444 g/mol. The molecule has 0 aromatic heterocycles. The molecule has 3 rings (SSSR count). The van der Waals surface area contributed by atoms with E-state index in [1.165, 1.54) is 5.01 Å². The van der Waals surface area contributed by atoms with Crippen LogP contribution in [0, 0.1) is 0 Å². The van der Waals surface area contributed by atoms with E-state index in [0.717, 1.165) is 48.2 Å². The number of allylic oxidation sites excluding steroid dienone is 2. The van der Waals surface area contributed by atoms with Gasteiger partial charge in [0.15, 0.2) is 0 Å². The van der Waals surface area contributed by atoms with E-state index in [1.807, 2.05) is 13.0 Å². The number of nitrogens with zero attached hydrogens (tertiary/aromatic N) is 3. The molecule has 2 aliphatic rings. The van der Waals surface area contributed by atoms with Gasteiger partial charge in [-0.3, -0.25) is 0 Å². The van der Waals surface area contributed by atoms with Gasteiger partial charge in [-0.1, -0.05) is 29.3 Å². The minimum absolute atomic E-state index is 0.233. The first-order valence-corrected chi connectivity index (χ1v) is 10.6. The number of rotatable bonds is 5. The van der Waals surface area contributed by atoms with Crippen molar-refractivity contribution in [3.05, 3.63) is 56.3 Å². The Morgan fingerprint density at radius 3 is 2.55 bits per heavy atom. The van der Waals surface area contributed by atoms with Gasteiger partial charge >= 0.3 is 6.18 Å². The van der Waals surface area contributed by atoms with Gasteiger partial charge in [0.2, 0.25) is 0 Å². The van der Waals surface area contributed by atoms with Crippen LogP contribution >= 0.6 is 35.1 Å². The fourth-order valence-corrected chi connectivity index (χ4v) is 4.84. The number of hydrazone groups is 1. The molecule has 4 nitrogen and oxygen atoms in total. The number of hydrogen-bond acceptors (Lipinski definition) is 5. The largest absolute Gasteiger partial charge is 0.392 e. The molecule has 0 radical (unpaired) electrons. The summed E-state index contributed by atoms with van der Waals surface area (Å²) in [7, 11) is 0. The number of nitrogens with one attached hydrogen (secondary N) is 1. The van der Waals surface area contributed by atoms with Crippen molar-refractivity contribution in [2.75, 3.05) is 13.1 Å². The quantitative estimate of drug-likeness (QED) is 0.407. The lowest BCUT2D eigenvalue weighted by atomic mass is 10.0. The molecule has 1 fully saturated rings. The maximum Gasteiger partial charge on any atom is 0.392 e. The third kappa shape index (κ3) is 5.42. The zero-order valence-corrected chi connectivity index (χ0v) is 18.1. The van der Waals surface area contributed by atoms with Gasteiger partial charge in [0.05, 0.1) is 16.5 Å². The average molecular weight is 465 g/mol. The van der Waals surface area contributed by atoms with Crippen LogP contribution in [-0.4, -0.2) is 35.3 Å². The fraction of sp³-hybridized carbons (Fsp3) is 0.421. The zero-order chi connectivity index (χ0) is 21.2. The first-order valence-electron chi connectivity index (χ1n) is 9.08. The van der Waals surface area contributed by atoms with E-state index >= 15 is 0 Å². The summed E-state index contributed by atoms with van der Waals surface area (Å²) in [6.07, 6.45) is -2.07. The van der Waals surface area contributed by atoms with Crippen LogP contribution in [-0.2, 0) is 0 Å². The fourth-order valence-electron chi connectivity index (χ4n) is 3.29. The van der Waals surface area contributed by atoms with Gasteiger partial charge in [-0.2, -0.15) is 18.3 Å². The second kappa shape index (κ2) is 9.20. The molecule has 1 unspecified atom stereocenters. The number of hydrogen-bond donors (Lipinski definition) is 1. The van der Waals surface area contributed by atoms with Crippen LogP contribution in [0.15, 0.2) is 45.8 Å². The van der Waals surface area contributed by atoms with Crippen LogP contribution in [0.2, 0.25) is 10.0 Å². The normalized spacial score (nSPS) is 22.3. The smallest absolute Gasteiger partial charge is 0.344 e. The summed E-state index contributed by atoms with van der Waals surface area (Å²) in [5, 5.41) is 9.36. The molecule has 158 valence electrons. The zero-order valence-electron chi connectivity index (χ0n) is 15.8. The summed E-state index contributed by atoms with van der Waals surface area (Å²) in [5.41, 5.74) is 1.54. The van der Waals surface area contributed by atoms with E-state index in [1.54, 1.807) is 24.1 Å². The predicted octanol–water partition coefficient (Wildman–Crippen LogP) is 6.32. The Kier molecular flexibility index (Phi) is 7.09. The lowest BCUT2D eigenvalue weighted by Crippen LogP contribution is -2.38. The third-order valence-corrected chi connectivity index (χ3v) is 6.74. The number of halogens is 5. The molecule has 1 atom stereocenters. The van der Waals surface area contributed by atoms with Gasteiger partial charge in [-0.25, -0.2) is 9.31 Å². The molecule has 0 amide bonds. The Morgan fingerprint density at radius 1 is 1.28 bits per heavy atom. The molecule has 2 heterocycles. The second-order valence-electron chi connectivity index (χ2n) is 6.81. The van der Waals surface area contributed by atoms with Crippen molar-refractivity contribution < 1.29 is 13.2 Å². The summed E-state index contributed by atoms with van der Waals surface area (Å²) in [6.45, 7) is 7.35. The van der Waals surface area contributed by atoms with Crippen LogP contribution in [0.4, 0.5) is 13.2 Å². The highest BCUT2D eigenvalue weighted by atomic mass is 35.5. The Bertz CT molecular complexity index is 835. The van der Waals surface area contributed by atoms with E-state index in [0.29, 0.717) is 10.0 Å². The topological polar surface area (TPSA) is 30.9 Å². The van der Waals surface area contributed by atoms with Crippen molar-refractivity contribution in [1.29, 1.82) is 0 Å². The van der Waals surface area contributed by atoms with Crippen molar-refractivity contribution >= 4 is 41.9 Å². The second-order valence-corrected chi connectivity index (χ2v) is 8.77. The third-order valence-electron chi connectivity index (χ3n) is 4.66. The maximum absolute atomic E-state index is 12.8. The minimum Gasteiger partial charge on any atom is -0.344 e. The van der Waals surface area contributed by atoms with E-state index in [9.17, 15) is 13.2 Å². The van der Waals surface area contributed by atoms with Crippen LogP contribution in [0.1, 0.15) is 37.8 Å². The number of alkyl halides is 3. The van der Waals surface area contributed by atoms with Gasteiger partial charge < -0.3 is 5.32 Å². The minimum atomic E-state index is -4.32. The molecule has 0 aliphatic carbocycles. The Morgan fingerprint density at radius 2 is 1.97 bits per heavy atom. The number of benzene rings is 1. The summed E-state index contributed by atoms with van der Waals surface area (Å²) in [4.78, 5) is 0.932. The summed E-state index contributed by atoms with van der Waals surface area (Å²) >= 11 is 13.9. The molecule has 1 N–H and O–H groups in total.